The van der Waals surface area contributed by atoms with Crippen molar-refractivity contribution < 1.29 is 30.4 Å². The van der Waals surface area contributed by atoms with Gasteiger partial charge in [-0.25, -0.2) is 30.5 Å². The minimum Gasteiger partial charge on any atom is -0.437 e. The Morgan fingerprint density at radius 2 is 1.95 bits per heavy atom. The first-order valence-corrected chi connectivity index (χ1v) is 15.8. The second-order valence-electron chi connectivity index (χ2n) is 9.17. The SMILES string of the molecule is CCc1cnc2oc(-c3ccc(F)cc3)c(C(=O)NC)c2c1N(CCCN1CCCCS1(=O)=O)S(C)(=O)=O. The average Bonchev–Trinajstić information content (AvgIpc) is 3.26. The molecule has 4 rings (SSSR count). The van der Waals surface area contributed by atoms with Gasteiger partial charge < -0.3 is 9.73 Å². The quantitative estimate of drug-likeness (QED) is 0.421. The van der Waals surface area contributed by atoms with Crippen LogP contribution in [0.5, 0.6) is 0 Å². The zero-order valence-corrected chi connectivity index (χ0v) is 23.2. The summed E-state index contributed by atoms with van der Waals surface area (Å²) in [6, 6.07) is 5.40. The van der Waals surface area contributed by atoms with Gasteiger partial charge in [-0.1, -0.05) is 6.92 Å². The summed E-state index contributed by atoms with van der Waals surface area (Å²) in [4.78, 5) is 17.5. The third kappa shape index (κ3) is 5.54. The van der Waals surface area contributed by atoms with Gasteiger partial charge in [0.05, 0.1) is 28.6 Å². The number of benzene rings is 1. The van der Waals surface area contributed by atoms with Gasteiger partial charge in [0.2, 0.25) is 25.8 Å². The average molecular weight is 567 g/mol. The van der Waals surface area contributed by atoms with E-state index in [-0.39, 0.29) is 53.4 Å². The lowest BCUT2D eigenvalue weighted by Gasteiger charge is -2.29. The molecule has 13 heteroatoms. The number of pyridine rings is 1. The second-order valence-corrected chi connectivity index (χ2v) is 13.2. The Morgan fingerprint density at radius 3 is 2.55 bits per heavy atom. The highest BCUT2D eigenvalue weighted by Gasteiger charge is 2.32. The fraction of sp³-hybridized carbons (Fsp3) is 0.440. The molecule has 0 atom stereocenters. The zero-order chi connectivity index (χ0) is 27.7. The molecular weight excluding hydrogens is 535 g/mol. The molecule has 1 aromatic carbocycles. The van der Waals surface area contributed by atoms with E-state index in [1.165, 1.54) is 46.1 Å². The molecule has 0 saturated carbocycles. The number of sulfonamides is 2. The maximum absolute atomic E-state index is 13.6. The molecule has 1 saturated heterocycles. The van der Waals surface area contributed by atoms with Crippen LogP contribution in [0.25, 0.3) is 22.4 Å². The minimum atomic E-state index is -3.87. The highest BCUT2D eigenvalue weighted by molar-refractivity contribution is 7.92. The number of halogens is 1. The Labute approximate surface area is 221 Å². The highest BCUT2D eigenvalue weighted by atomic mass is 32.2. The van der Waals surface area contributed by atoms with Crippen molar-refractivity contribution in [1.82, 2.24) is 14.6 Å². The largest absolute Gasteiger partial charge is 0.437 e. The van der Waals surface area contributed by atoms with Crippen molar-refractivity contribution in [3.63, 3.8) is 0 Å². The Balaban J connectivity index is 1.86. The molecule has 3 aromatic rings. The molecule has 206 valence electrons. The lowest BCUT2D eigenvalue weighted by molar-refractivity contribution is 0.0964. The van der Waals surface area contributed by atoms with Crippen LogP contribution in [0, 0.1) is 5.82 Å². The van der Waals surface area contributed by atoms with Crippen LogP contribution < -0.4 is 9.62 Å². The van der Waals surface area contributed by atoms with E-state index >= 15 is 0 Å². The van der Waals surface area contributed by atoms with Crippen LogP contribution in [0.3, 0.4) is 0 Å². The number of nitrogens with one attached hydrogen (secondary N) is 1. The maximum atomic E-state index is 13.6. The van der Waals surface area contributed by atoms with E-state index in [2.05, 4.69) is 10.3 Å². The van der Waals surface area contributed by atoms with Gasteiger partial charge in [0, 0.05) is 38.4 Å². The molecule has 38 heavy (non-hydrogen) atoms. The summed E-state index contributed by atoms with van der Waals surface area (Å²) in [6.45, 7) is 2.41. The molecule has 0 spiro atoms. The minimum absolute atomic E-state index is 0.0127. The number of anilines is 1. The van der Waals surface area contributed by atoms with E-state index in [4.69, 9.17) is 4.42 Å². The summed E-state index contributed by atoms with van der Waals surface area (Å²) in [6.07, 6.45) is 4.61. The van der Waals surface area contributed by atoms with Crippen molar-refractivity contribution in [2.45, 2.75) is 32.6 Å². The normalized spacial score (nSPS) is 16.0. The predicted octanol–water partition coefficient (Wildman–Crippen LogP) is 3.14. The Kier molecular flexibility index (Phi) is 8.09. The van der Waals surface area contributed by atoms with Crippen LogP contribution in [-0.2, 0) is 26.5 Å². The molecule has 1 aliphatic rings. The van der Waals surface area contributed by atoms with Crippen molar-refractivity contribution >= 4 is 42.7 Å². The van der Waals surface area contributed by atoms with Gasteiger partial charge in [0.1, 0.15) is 11.6 Å². The molecule has 0 unspecified atom stereocenters. The Morgan fingerprint density at radius 1 is 1.24 bits per heavy atom. The maximum Gasteiger partial charge on any atom is 0.255 e. The second kappa shape index (κ2) is 11.0. The molecule has 0 bridgehead atoms. The number of nitrogens with zero attached hydrogens (tertiary/aromatic N) is 3. The van der Waals surface area contributed by atoms with Crippen molar-refractivity contribution in [3.05, 3.63) is 47.4 Å². The van der Waals surface area contributed by atoms with Gasteiger partial charge in [-0.3, -0.25) is 9.10 Å². The molecule has 2 aromatic heterocycles. The van der Waals surface area contributed by atoms with Crippen molar-refractivity contribution in [1.29, 1.82) is 0 Å². The summed E-state index contributed by atoms with van der Waals surface area (Å²) >= 11 is 0. The van der Waals surface area contributed by atoms with Crippen molar-refractivity contribution in [2.75, 3.05) is 43.0 Å². The zero-order valence-electron chi connectivity index (χ0n) is 21.5. The fourth-order valence-corrected chi connectivity index (χ4v) is 7.35. The highest BCUT2D eigenvalue weighted by Crippen LogP contribution is 2.41. The molecule has 1 aliphatic heterocycles. The number of carbonyl (C=O) groups excluding carboxylic acids is 1. The first-order chi connectivity index (χ1) is 18.0. The number of rotatable bonds is 9. The summed E-state index contributed by atoms with van der Waals surface area (Å²) < 4.78 is 73.2. The van der Waals surface area contributed by atoms with Crippen LogP contribution in [0.4, 0.5) is 10.1 Å². The Hall–Kier alpha value is -3.03. The molecule has 3 heterocycles. The molecule has 10 nitrogen and oxygen atoms in total. The molecule has 0 aliphatic carbocycles. The van der Waals surface area contributed by atoms with Crippen LogP contribution in [-0.4, -0.2) is 70.7 Å². The van der Waals surface area contributed by atoms with E-state index in [1.807, 2.05) is 6.92 Å². The lowest BCUT2D eigenvalue weighted by atomic mass is 10.0. The van der Waals surface area contributed by atoms with E-state index in [1.54, 1.807) is 0 Å². The van der Waals surface area contributed by atoms with E-state index in [0.29, 0.717) is 30.5 Å². The lowest BCUT2D eigenvalue weighted by Crippen LogP contribution is -2.40. The van der Waals surface area contributed by atoms with E-state index in [0.717, 1.165) is 12.7 Å². The molecule has 1 N–H and O–H groups in total. The summed E-state index contributed by atoms with van der Waals surface area (Å²) in [7, 11) is -5.79. The summed E-state index contributed by atoms with van der Waals surface area (Å²) in [5.74, 6) is -0.761. The van der Waals surface area contributed by atoms with Crippen LogP contribution >= 0.6 is 0 Å². The summed E-state index contributed by atoms with van der Waals surface area (Å²) in [5, 5.41) is 2.80. The molecular formula is C25H31FN4O6S2. The number of aryl methyl sites for hydroxylation is 1. The van der Waals surface area contributed by atoms with Crippen LogP contribution in [0.1, 0.15) is 42.1 Å². The number of carbonyl (C=O) groups is 1. The van der Waals surface area contributed by atoms with Gasteiger partial charge >= 0.3 is 0 Å². The van der Waals surface area contributed by atoms with Gasteiger partial charge in [0.25, 0.3) is 5.91 Å². The molecule has 1 amide bonds. The van der Waals surface area contributed by atoms with E-state index < -0.39 is 31.8 Å². The summed E-state index contributed by atoms with van der Waals surface area (Å²) in [5.41, 5.74) is 1.40. The molecule has 1 fully saturated rings. The van der Waals surface area contributed by atoms with Crippen molar-refractivity contribution in [3.8, 4) is 11.3 Å². The monoisotopic (exact) mass is 566 g/mol. The van der Waals surface area contributed by atoms with Gasteiger partial charge in [-0.05, 0) is 55.5 Å². The van der Waals surface area contributed by atoms with Gasteiger partial charge in [0.15, 0.2) is 0 Å². The topological polar surface area (TPSA) is 130 Å². The number of furan rings is 1. The van der Waals surface area contributed by atoms with E-state index in [9.17, 15) is 26.0 Å². The number of hydrogen-bond donors (Lipinski definition) is 1. The first kappa shape index (κ1) is 28.0. The third-order valence-corrected chi connectivity index (χ3v) is 9.70. The Bertz CT molecular complexity index is 1550. The number of aromatic nitrogens is 1. The number of amides is 1. The van der Waals surface area contributed by atoms with Crippen molar-refractivity contribution in [2.24, 2.45) is 0 Å². The first-order valence-electron chi connectivity index (χ1n) is 12.4. The standard InChI is InChI=1S/C25H31FN4O6S2/c1-4-17-16-28-25-20(21(24(31)27-2)23(36-25)18-8-10-19(26)11-9-18)22(17)30(37(3,32)33)14-7-13-29-12-5-6-15-38(29,34)35/h8-11,16H,4-7,12-15H2,1-3H3,(H,27,31). The van der Waals surface area contributed by atoms with Gasteiger partial charge in [-0.15, -0.1) is 0 Å². The smallest absolute Gasteiger partial charge is 0.255 e. The fourth-order valence-electron chi connectivity index (χ4n) is 4.70. The predicted molar refractivity (Wildman–Crippen MR) is 144 cm³/mol. The van der Waals surface area contributed by atoms with Crippen LogP contribution in [0.15, 0.2) is 34.9 Å². The van der Waals surface area contributed by atoms with Gasteiger partial charge in [-0.2, -0.15) is 0 Å². The third-order valence-electron chi connectivity index (χ3n) is 6.58. The number of fused-ring (bicyclic) bond motifs is 1. The number of hydrogen-bond acceptors (Lipinski definition) is 7. The van der Waals surface area contributed by atoms with Crippen LogP contribution in [0.2, 0.25) is 0 Å². The molecule has 0 radical (unpaired) electrons.